The van der Waals surface area contributed by atoms with Crippen molar-refractivity contribution in [2.75, 3.05) is 20.3 Å². The summed E-state index contributed by atoms with van der Waals surface area (Å²) in [7, 11) is 1.59. The zero-order valence-electron chi connectivity index (χ0n) is 22.1. The highest BCUT2D eigenvalue weighted by atomic mass is 16.5. The Morgan fingerprint density at radius 1 is 0.921 bits per heavy atom. The number of likely N-dealkylation sites (tertiary alicyclic amines) is 1. The number of amides is 1. The monoisotopic (exact) mass is 515 g/mol. The molecule has 7 heteroatoms. The third-order valence-corrected chi connectivity index (χ3v) is 6.25. The molecule has 1 saturated heterocycles. The predicted molar refractivity (Wildman–Crippen MR) is 145 cm³/mol. The molecule has 0 saturated carbocycles. The van der Waals surface area contributed by atoms with Crippen LogP contribution in [0.25, 0.3) is 5.76 Å². The molecule has 0 bridgehead atoms. The van der Waals surface area contributed by atoms with Gasteiger partial charge in [0, 0.05) is 12.1 Å². The Bertz CT molecular complexity index is 1310. The van der Waals surface area contributed by atoms with Gasteiger partial charge in [0.05, 0.1) is 31.9 Å². The van der Waals surface area contributed by atoms with Crippen molar-refractivity contribution in [2.45, 2.75) is 33.4 Å². The molecule has 1 atom stereocenters. The van der Waals surface area contributed by atoms with E-state index in [9.17, 15) is 14.7 Å². The summed E-state index contributed by atoms with van der Waals surface area (Å²) >= 11 is 0. The van der Waals surface area contributed by atoms with E-state index >= 15 is 0 Å². The fraction of sp³-hybridized carbons (Fsp3) is 0.290. The van der Waals surface area contributed by atoms with Gasteiger partial charge in [-0.3, -0.25) is 9.59 Å². The largest absolute Gasteiger partial charge is 0.507 e. The molecule has 3 aromatic carbocycles. The lowest BCUT2D eigenvalue weighted by atomic mass is 9.95. The number of ether oxygens (including phenoxy) is 3. The van der Waals surface area contributed by atoms with Gasteiger partial charge in [0.25, 0.3) is 11.7 Å². The topological polar surface area (TPSA) is 85.3 Å². The summed E-state index contributed by atoms with van der Waals surface area (Å²) in [5.41, 5.74) is 1.96. The first kappa shape index (κ1) is 26.8. The number of hydrogen-bond acceptors (Lipinski definition) is 6. The van der Waals surface area contributed by atoms with Crippen LogP contribution >= 0.6 is 0 Å². The SMILES string of the molecule is CCOc1ccc(C2/C(=C(/O)c3cccc(OCC(C)C)c3)C(=O)C(=O)N2Cc2ccc(OC)cc2)cc1. The molecule has 1 fully saturated rings. The molecule has 0 aliphatic carbocycles. The molecule has 1 amide bonds. The number of ketones is 1. The van der Waals surface area contributed by atoms with Gasteiger partial charge in [-0.15, -0.1) is 0 Å². The van der Waals surface area contributed by atoms with Crippen LogP contribution in [0.2, 0.25) is 0 Å². The second-order valence-corrected chi connectivity index (χ2v) is 9.51. The number of methoxy groups -OCH3 is 1. The standard InChI is InChI=1S/C31H33NO6/c1-5-37-25-15-11-22(12-16-25)28-27(29(33)23-7-6-8-26(17-23)38-19-20(2)3)30(34)31(35)32(28)18-21-9-13-24(36-4)14-10-21/h6-17,20,28,33H,5,18-19H2,1-4H3/b29-27-. The molecule has 1 heterocycles. The van der Waals surface area contributed by atoms with Gasteiger partial charge in [0.2, 0.25) is 0 Å². The van der Waals surface area contributed by atoms with E-state index in [4.69, 9.17) is 14.2 Å². The second-order valence-electron chi connectivity index (χ2n) is 9.51. The number of Topliss-reactive ketones (excluding diaryl/α,β-unsaturated/α-hetero) is 1. The average Bonchev–Trinajstić information content (AvgIpc) is 3.17. The Morgan fingerprint density at radius 2 is 1.61 bits per heavy atom. The Balaban J connectivity index is 1.77. The van der Waals surface area contributed by atoms with E-state index in [1.54, 1.807) is 55.6 Å². The summed E-state index contributed by atoms with van der Waals surface area (Å²) in [5.74, 6) is 0.631. The van der Waals surface area contributed by atoms with Crippen LogP contribution in [-0.2, 0) is 16.1 Å². The molecule has 3 aromatic rings. The summed E-state index contributed by atoms with van der Waals surface area (Å²) < 4.78 is 16.6. The Hall–Kier alpha value is -4.26. The van der Waals surface area contributed by atoms with Crippen LogP contribution in [0.15, 0.2) is 78.4 Å². The molecule has 7 nitrogen and oxygen atoms in total. The highest BCUT2D eigenvalue weighted by molar-refractivity contribution is 6.46. The van der Waals surface area contributed by atoms with E-state index in [1.165, 1.54) is 4.90 Å². The highest BCUT2D eigenvalue weighted by Crippen LogP contribution is 2.41. The van der Waals surface area contributed by atoms with Crippen LogP contribution in [0.4, 0.5) is 0 Å². The molecule has 1 unspecified atom stereocenters. The van der Waals surface area contributed by atoms with E-state index in [-0.39, 0.29) is 17.9 Å². The zero-order valence-corrected chi connectivity index (χ0v) is 22.1. The molecule has 0 spiro atoms. The maximum atomic E-state index is 13.4. The normalized spacial score (nSPS) is 16.7. The van der Waals surface area contributed by atoms with Crippen molar-refractivity contribution in [1.82, 2.24) is 4.90 Å². The van der Waals surface area contributed by atoms with Crippen molar-refractivity contribution in [3.05, 3.63) is 95.1 Å². The number of aliphatic hydroxyl groups is 1. The molecular formula is C31H33NO6. The van der Waals surface area contributed by atoms with Gasteiger partial charge >= 0.3 is 0 Å². The van der Waals surface area contributed by atoms with E-state index in [1.807, 2.05) is 45.0 Å². The first-order chi connectivity index (χ1) is 18.3. The first-order valence-corrected chi connectivity index (χ1v) is 12.7. The summed E-state index contributed by atoms with van der Waals surface area (Å²) in [6.45, 7) is 7.21. The van der Waals surface area contributed by atoms with Crippen LogP contribution in [0, 0.1) is 5.92 Å². The van der Waals surface area contributed by atoms with Gasteiger partial charge in [-0.1, -0.05) is 50.2 Å². The Morgan fingerprint density at radius 3 is 2.24 bits per heavy atom. The number of benzene rings is 3. The maximum absolute atomic E-state index is 13.4. The van der Waals surface area contributed by atoms with Gasteiger partial charge in [-0.2, -0.15) is 0 Å². The molecule has 38 heavy (non-hydrogen) atoms. The summed E-state index contributed by atoms with van der Waals surface area (Å²) in [4.78, 5) is 28.2. The quantitative estimate of drug-likeness (QED) is 0.210. The predicted octanol–water partition coefficient (Wildman–Crippen LogP) is 5.75. The number of carbonyl (C=O) groups excluding carboxylic acids is 2. The third-order valence-electron chi connectivity index (χ3n) is 6.25. The fourth-order valence-electron chi connectivity index (χ4n) is 4.38. The summed E-state index contributed by atoms with van der Waals surface area (Å²) in [5, 5.41) is 11.4. The Labute approximate surface area is 223 Å². The molecule has 1 N–H and O–H groups in total. The van der Waals surface area contributed by atoms with Gasteiger partial charge in [0.1, 0.15) is 23.0 Å². The van der Waals surface area contributed by atoms with Crippen LogP contribution in [0.3, 0.4) is 0 Å². The lowest BCUT2D eigenvalue weighted by Gasteiger charge is -2.25. The number of nitrogens with zero attached hydrogens (tertiary/aromatic N) is 1. The lowest BCUT2D eigenvalue weighted by Crippen LogP contribution is -2.29. The molecular weight excluding hydrogens is 482 g/mol. The smallest absolute Gasteiger partial charge is 0.295 e. The minimum atomic E-state index is -0.784. The zero-order chi connectivity index (χ0) is 27.2. The van der Waals surface area contributed by atoms with Crippen molar-refractivity contribution < 1.29 is 28.9 Å². The minimum absolute atomic E-state index is 0.0358. The number of aliphatic hydroxyl groups excluding tert-OH is 1. The van der Waals surface area contributed by atoms with Gasteiger partial charge in [0.15, 0.2) is 0 Å². The van der Waals surface area contributed by atoms with Crippen molar-refractivity contribution in [2.24, 2.45) is 5.92 Å². The van der Waals surface area contributed by atoms with Crippen molar-refractivity contribution >= 4 is 17.4 Å². The van der Waals surface area contributed by atoms with Crippen LogP contribution in [0.1, 0.15) is 43.5 Å². The van der Waals surface area contributed by atoms with Crippen molar-refractivity contribution in [3.8, 4) is 17.2 Å². The van der Waals surface area contributed by atoms with E-state index in [2.05, 4.69) is 0 Å². The van der Waals surface area contributed by atoms with Crippen molar-refractivity contribution in [3.63, 3.8) is 0 Å². The van der Waals surface area contributed by atoms with Crippen LogP contribution in [-0.4, -0.2) is 42.0 Å². The average molecular weight is 516 g/mol. The number of rotatable bonds is 10. The summed E-state index contributed by atoms with van der Waals surface area (Å²) in [6, 6.07) is 20.7. The van der Waals surface area contributed by atoms with E-state index < -0.39 is 17.7 Å². The second kappa shape index (κ2) is 11.9. The van der Waals surface area contributed by atoms with Gasteiger partial charge in [-0.05, 0) is 60.4 Å². The molecule has 0 radical (unpaired) electrons. The maximum Gasteiger partial charge on any atom is 0.295 e. The number of hydrogen-bond donors (Lipinski definition) is 1. The van der Waals surface area contributed by atoms with E-state index in [0.717, 1.165) is 5.56 Å². The molecule has 1 aliphatic rings. The molecule has 1 aliphatic heterocycles. The van der Waals surface area contributed by atoms with E-state index in [0.29, 0.717) is 47.5 Å². The van der Waals surface area contributed by atoms with Crippen molar-refractivity contribution in [1.29, 1.82) is 0 Å². The molecule has 0 aromatic heterocycles. The van der Waals surface area contributed by atoms with Gasteiger partial charge < -0.3 is 24.2 Å². The molecule has 198 valence electrons. The summed E-state index contributed by atoms with van der Waals surface area (Å²) in [6.07, 6.45) is 0. The van der Waals surface area contributed by atoms with Crippen LogP contribution < -0.4 is 14.2 Å². The lowest BCUT2D eigenvalue weighted by molar-refractivity contribution is -0.140. The fourth-order valence-corrected chi connectivity index (χ4v) is 4.38. The van der Waals surface area contributed by atoms with Crippen LogP contribution in [0.5, 0.6) is 17.2 Å². The van der Waals surface area contributed by atoms with Gasteiger partial charge in [-0.25, -0.2) is 0 Å². The Kier molecular flexibility index (Phi) is 8.36. The molecule has 4 rings (SSSR count). The number of carbonyl (C=O) groups is 2. The first-order valence-electron chi connectivity index (χ1n) is 12.7. The minimum Gasteiger partial charge on any atom is -0.507 e. The third kappa shape index (κ3) is 5.83. The highest BCUT2D eigenvalue weighted by Gasteiger charge is 2.46.